The molecule has 3 heterocycles. The number of carbonyl (C=O) groups is 1. The van der Waals surface area contributed by atoms with Gasteiger partial charge in [-0.15, -0.1) is 10.2 Å². The number of anilines is 1. The van der Waals surface area contributed by atoms with Gasteiger partial charge in [0.1, 0.15) is 5.75 Å². The van der Waals surface area contributed by atoms with Gasteiger partial charge in [-0.3, -0.25) is 4.68 Å². The Bertz CT molecular complexity index is 1310. The number of rotatable bonds is 4. The maximum atomic E-state index is 12.9. The van der Waals surface area contributed by atoms with Gasteiger partial charge in [0.05, 0.1) is 24.2 Å². The molecular weight excluding hydrogens is 444 g/mol. The van der Waals surface area contributed by atoms with Crippen LogP contribution < -0.4 is 10.1 Å². The topological polar surface area (TPSA) is 98.3 Å². The Balaban J connectivity index is 1.38. The number of hydrogen-bond acceptors (Lipinski definition) is 6. The smallest absolute Gasteiger partial charge is 0.322 e. The lowest BCUT2D eigenvalue weighted by Gasteiger charge is -2.27. The van der Waals surface area contributed by atoms with Crippen molar-refractivity contribution >= 4 is 23.3 Å². The van der Waals surface area contributed by atoms with Gasteiger partial charge in [-0.25, -0.2) is 4.79 Å². The lowest BCUT2D eigenvalue weighted by Crippen LogP contribution is -2.39. The van der Waals surface area contributed by atoms with Gasteiger partial charge >= 0.3 is 6.03 Å². The Kier molecular flexibility index (Phi) is 5.47. The average Bonchev–Trinajstić information content (AvgIpc) is 3.44. The van der Waals surface area contributed by atoms with Gasteiger partial charge < -0.3 is 19.4 Å². The minimum atomic E-state index is -0.192. The van der Waals surface area contributed by atoms with Crippen molar-refractivity contribution < 1.29 is 13.9 Å². The maximum Gasteiger partial charge on any atom is 0.322 e. The molecule has 2 aromatic carbocycles. The number of carbonyl (C=O) groups excluding carboxylic acids is 1. The molecule has 0 saturated heterocycles. The van der Waals surface area contributed by atoms with Crippen LogP contribution >= 0.6 is 11.6 Å². The molecule has 0 aliphatic carbocycles. The molecule has 1 aliphatic rings. The van der Waals surface area contributed by atoms with E-state index in [1.165, 1.54) is 0 Å². The SMILES string of the molecule is COc1ccc(NC(=O)N2CCc3c(c(-c4nnc(-c5ccccc5Cl)o4)nn3C)C2)cc1. The second-order valence-corrected chi connectivity index (χ2v) is 8.03. The second kappa shape index (κ2) is 8.59. The highest BCUT2D eigenvalue weighted by Crippen LogP contribution is 2.32. The number of aromatic nitrogens is 4. The van der Waals surface area contributed by atoms with E-state index in [0.29, 0.717) is 53.3 Å². The van der Waals surface area contributed by atoms with E-state index in [1.54, 1.807) is 42.3 Å². The van der Waals surface area contributed by atoms with Crippen LogP contribution in [0.5, 0.6) is 5.75 Å². The van der Waals surface area contributed by atoms with Gasteiger partial charge in [0.25, 0.3) is 5.89 Å². The molecule has 33 heavy (non-hydrogen) atoms. The zero-order valence-electron chi connectivity index (χ0n) is 18.1. The van der Waals surface area contributed by atoms with E-state index < -0.39 is 0 Å². The zero-order valence-corrected chi connectivity index (χ0v) is 18.8. The van der Waals surface area contributed by atoms with E-state index in [1.807, 2.05) is 29.9 Å². The quantitative estimate of drug-likeness (QED) is 0.481. The molecule has 2 amide bonds. The van der Waals surface area contributed by atoms with Crippen molar-refractivity contribution in [2.24, 2.45) is 7.05 Å². The van der Waals surface area contributed by atoms with Crippen LogP contribution in [0.1, 0.15) is 11.3 Å². The molecule has 4 aromatic rings. The van der Waals surface area contributed by atoms with Crippen LogP contribution in [-0.4, -0.2) is 44.6 Å². The van der Waals surface area contributed by atoms with Gasteiger partial charge in [0, 0.05) is 37.0 Å². The zero-order chi connectivity index (χ0) is 22.9. The van der Waals surface area contributed by atoms with Gasteiger partial charge in [-0.1, -0.05) is 23.7 Å². The van der Waals surface area contributed by atoms with E-state index in [-0.39, 0.29) is 6.03 Å². The van der Waals surface area contributed by atoms with E-state index in [0.717, 1.165) is 17.0 Å². The van der Waals surface area contributed by atoms with Crippen molar-refractivity contribution in [3.63, 3.8) is 0 Å². The Morgan fingerprint density at radius 2 is 1.88 bits per heavy atom. The summed E-state index contributed by atoms with van der Waals surface area (Å²) in [5.41, 5.74) is 3.85. The molecule has 0 spiro atoms. The number of hydrogen-bond donors (Lipinski definition) is 1. The maximum absolute atomic E-state index is 12.9. The highest BCUT2D eigenvalue weighted by molar-refractivity contribution is 6.33. The van der Waals surface area contributed by atoms with Crippen molar-refractivity contribution in [1.29, 1.82) is 0 Å². The van der Waals surface area contributed by atoms with Crippen molar-refractivity contribution in [1.82, 2.24) is 24.9 Å². The lowest BCUT2D eigenvalue weighted by molar-refractivity contribution is 0.206. The van der Waals surface area contributed by atoms with E-state index >= 15 is 0 Å². The van der Waals surface area contributed by atoms with Gasteiger partial charge in [0.2, 0.25) is 5.89 Å². The average molecular weight is 465 g/mol. The molecular formula is C23H21ClN6O3. The summed E-state index contributed by atoms with van der Waals surface area (Å²) < 4.78 is 12.9. The molecule has 9 nitrogen and oxygen atoms in total. The Labute approximate surface area is 194 Å². The van der Waals surface area contributed by atoms with Crippen LogP contribution in [-0.2, 0) is 20.0 Å². The highest BCUT2D eigenvalue weighted by atomic mass is 35.5. The number of benzene rings is 2. The van der Waals surface area contributed by atoms with Crippen LogP contribution in [0.3, 0.4) is 0 Å². The van der Waals surface area contributed by atoms with Gasteiger partial charge in [0.15, 0.2) is 5.69 Å². The number of methoxy groups -OCH3 is 1. The number of nitrogens with zero attached hydrogens (tertiary/aromatic N) is 5. The van der Waals surface area contributed by atoms with E-state index in [4.69, 9.17) is 20.8 Å². The standard InChI is InChI=1S/C23H21ClN6O3/c1-29-19-11-12-30(23(31)25-14-7-9-15(32-2)10-8-14)13-17(19)20(28-29)22-27-26-21(33-22)16-5-3-4-6-18(16)24/h3-10H,11-13H2,1-2H3,(H,25,31). The molecule has 168 valence electrons. The third-order valence-electron chi connectivity index (χ3n) is 5.60. The Morgan fingerprint density at radius 1 is 1.12 bits per heavy atom. The fourth-order valence-electron chi connectivity index (χ4n) is 3.88. The number of nitrogens with one attached hydrogen (secondary N) is 1. The minimum absolute atomic E-state index is 0.192. The van der Waals surface area contributed by atoms with Crippen LogP contribution in [0.2, 0.25) is 5.02 Å². The summed E-state index contributed by atoms with van der Waals surface area (Å²) >= 11 is 6.27. The Morgan fingerprint density at radius 3 is 2.64 bits per heavy atom. The molecule has 1 aliphatic heterocycles. The number of fused-ring (bicyclic) bond motifs is 1. The molecule has 2 aromatic heterocycles. The summed E-state index contributed by atoms with van der Waals surface area (Å²) in [6.07, 6.45) is 0.667. The fraction of sp³-hybridized carbons (Fsp3) is 0.217. The summed E-state index contributed by atoms with van der Waals surface area (Å²) in [7, 11) is 3.48. The number of aryl methyl sites for hydroxylation is 1. The van der Waals surface area contributed by atoms with Crippen LogP contribution in [0.4, 0.5) is 10.5 Å². The largest absolute Gasteiger partial charge is 0.497 e. The van der Waals surface area contributed by atoms with Crippen molar-refractivity contribution in [3.05, 3.63) is 64.8 Å². The fourth-order valence-corrected chi connectivity index (χ4v) is 4.09. The summed E-state index contributed by atoms with van der Waals surface area (Å²) in [6, 6.07) is 14.3. The molecule has 5 rings (SSSR count). The molecule has 0 radical (unpaired) electrons. The third kappa shape index (κ3) is 4.03. The normalized spacial score (nSPS) is 13.0. The molecule has 0 unspecified atom stereocenters. The second-order valence-electron chi connectivity index (χ2n) is 7.62. The number of halogens is 1. The third-order valence-corrected chi connectivity index (χ3v) is 5.93. The first-order chi connectivity index (χ1) is 16.0. The first-order valence-corrected chi connectivity index (χ1v) is 10.7. The van der Waals surface area contributed by atoms with Crippen molar-refractivity contribution in [2.45, 2.75) is 13.0 Å². The summed E-state index contributed by atoms with van der Waals surface area (Å²) in [4.78, 5) is 14.6. The van der Waals surface area contributed by atoms with Crippen LogP contribution in [0.15, 0.2) is 52.9 Å². The number of urea groups is 1. The van der Waals surface area contributed by atoms with Gasteiger partial charge in [-0.05, 0) is 36.4 Å². The predicted octanol–water partition coefficient (Wildman–Crippen LogP) is 4.39. The van der Waals surface area contributed by atoms with Crippen LogP contribution in [0, 0.1) is 0 Å². The summed E-state index contributed by atoms with van der Waals surface area (Å²) in [5.74, 6) is 1.34. The lowest BCUT2D eigenvalue weighted by atomic mass is 10.1. The summed E-state index contributed by atoms with van der Waals surface area (Å²) in [5, 5.41) is 16.4. The molecule has 0 atom stereocenters. The first-order valence-electron chi connectivity index (χ1n) is 10.4. The van der Waals surface area contributed by atoms with Crippen LogP contribution in [0.25, 0.3) is 23.0 Å². The number of amides is 2. The van der Waals surface area contributed by atoms with Gasteiger partial charge in [-0.2, -0.15) is 5.10 Å². The molecule has 10 heteroatoms. The molecule has 1 N–H and O–H groups in total. The van der Waals surface area contributed by atoms with Crippen molar-refractivity contribution in [3.8, 4) is 28.8 Å². The molecule has 0 bridgehead atoms. The van der Waals surface area contributed by atoms with E-state index in [2.05, 4.69) is 20.6 Å². The molecule has 0 saturated carbocycles. The number of ether oxygens (including phenoxy) is 1. The Hall–Kier alpha value is -3.85. The van der Waals surface area contributed by atoms with E-state index in [9.17, 15) is 4.79 Å². The molecule has 0 fully saturated rings. The predicted molar refractivity (Wildman–Crippen MR) is 123 cm³/mol. The minimum Gasteiger partial charge on any atom is -0.497 e. The van der Waals surface area contributed by atoms with Crippen molar-refractivity contribution in [2.75, 3.05) is 19.0 Å². The highest BCUT2D eigenvalue weighted by Gasteiger charge is 2.29. The monoisotopic (exact) mass is 464 g/mol. The first kappa shape index (κ1) is 21.0. The summed E-state index contributed by atoms with van der Waals surface area (Å²) in [6.45, 7) is 0.951.